The van der Waals surface area contributed by atoms with E-state index in [0.717, 1.165) is 17.0 Å². The van der Waals surface area contributed by atoms with Crippen molar-refractivity contribution in [2.75, 3.05) is 0 Å². The zero-order chi connectivity index (χ0) is 21.3. The molecule has 2 aromatic carbocycles. The van der Waals surface area contributed by atoms with Crippen LogP contribution >= 0.6 is 0 Å². The number of aromatic amines is 1. The summed E-state index contributed by atoms with van der Waals surface area (Å²) in [6.07, 6.45) is 0.0354. The molecule has 0 spiro atoms. The molecular weight excluding hydrogens is 398 g/mol. The average molecular weight is 413 g/mol. The zero-order valence-electron chi connectivity index (χ0n) is 15.4. The molecule has 30 heavy (non-hydrogen) atoms. The Balaban J connectivity index is 1.73. The predicted octanol–water partition coefficient (Wildman–Crippen LogP) is 5.10. The van der Waals surface area contributed by atoms with Crippen molar-refractivity contribution < 1.29 is 17.6 Å². The molecule has 4 rings (SSSR count). The van der Waals surface area contributed by atoms with Crippen LogP contribution < -0.4 is 5.69 Å². The molecule has 0 aliphatic carbocycles. The van der Waals surface area contributed by atoms with Gasteiger partial charge in [-0.05, 0) is 24.3 Å². The summed E-state index contributed by atoms with van der Waals surface area (Å²) in [4.78, 5) is 16.7. The number of H-pyrrole nitrogens is 1. The van der Waals surface area contributed by atoms with Crippen molar-refractivity contribution >= 4 is 23.1 Å². The first-order chi connectivity index (χ1) is 14.3. The predicted molar refractivity (Wildman–Crippen MR) is 106 cm³/mol. The monoisotopic (exact) mass is 413 g/mol. The van der Waals surface area contributed by atoms with Crippen molar-refractivity contribution in [2.24, 2.45) is 0 Å². The lowest BCUT2D eigenvalue weighted by atomic mass is 10.1. The molecule has 0 unspecified atom stereocenters. The molecule has 0 amide bonds. The molecule has 0 saturated carbocycles. The molecule has 2 aromatic heterocycles. The lowest BCUT2D eigenvalue weighted by Crippen LogP contribution is -2.19. The molecule has 4 aromatic rings. The molecule has 0 atom stereocenters. The van der Waals surface area contributed by atoms with Crippen molar-refractivity contribution in [3.8, 4) is 0 Å². The first-order valence-corrected chi connectivity index (χ1v) is 8.99. The van der Waals surface area contributed by atoms with Gasteiger partial charge in [0.05, 0.1) is 12.2 Å². The van der Waals surface area contributed by atoms with E-state index in [4.69, 9.17) is 0 Å². The van der Waals surface area contributed by atoms with E-state index in [1.807, 2.05) is 28.8 Å². The van der Waals surface area contributed by atoms with E-state index in [9.17, 15) is 22.4 Å². The molecule has 4 nitrogen and oxygen atoms in total. The number of hydrogen-bond acceptors (Lipinski definition) is 2. The Kier molecular flexibility index (Phi) is 4.99. The van der Waals surface area contributed by atoms with Gasteiger partial charge in [0.1, 0.15) is 11.5 Å². The number of fused-ring (bicyclic) bond motifs is 1. The van der Waals surface area contributed by atoms with Crippen molar-refractivity contribution in [1.29, 1.82) is 0 Å². The van der Waals surface area contributed by atoms with Gasteiger partial charge in [-0.3, -0.25) is 0 Å². The van der Waals surface area contributed by atoms with Gasteiger partial charge in [0.2, 0.25) is 0 Å². The Hall–Kier alpha value is -3.68. The quantitative estimate of drug-likeness (QED) is 0.473. The van der Waals surface area contributed by atoms with Crippen LogP contribution in [0.25, 0.3) is 23.1 Å². The number of rotatable bonds is 4. The van der Waals surface area contributed by atoms with Crippen molar-refractivity contribution in [2.45, 2.75) is 12.7 Å². The maximum absolute atomic E-state index is 14.1. The van der Waals surface area contributed by atoms with Gasteiger partial charge < -0.3 is 9.55 Å². The number of halogens is 4. The van der Waals surface area contributed by atoms with E-state index in [1.165, 1.54) is 12.1 Å². The first-order valence-electron chi connectivity index (χ1n) is 8.99. The minimum atomic E-state index is -4.68. The Bertz CT molecular complexity index is 1300. The average Bonchev–Trinajstić information content (AvgIpc) is 3.05. The standard InChI is InChI=1S/C22H15F4N3O/c23-18-7-3-1-5-15(18)13-29-12-14(17-6-2-4-8-19(17)29)9-10-16-11-20(22(24,25)26)28-21(30)27-16/h1-12H,13H2,(H,27,28,30). The summed E-state index contributed by atoms with van der Waals surface area (Å²) in [6.45, 7) is 0.294. The number of hydrogen-bond donors (Lipinski definition) is 1. The van der Waals surface area contributed by atoms with Gasteiger partial charge in [-0.25, -0.2) is 9.18 Å². The van der Waals surface area contributed by atoms with Crippen molar-refractivity contribution in [1.82, 2.24) is 14.5 Å². The molecule has 0 bridgehead atoms. The van der Waals surface area contributed by atoms with E-state index in [-0.39, 0.29) is 11.5 Å². The highest BCUT2D eigenvalue weighted by molar-refractivity contribution is 5.92. The van der Waals surface area contributed by atoms with Gasteiger partial charge in [-0.15, -0.1) is 0 Å². The third-order valence-corrected chi connectivity index (χ3v) is 4.62. The van der Waals surface area contributed by atoms with Crippen LogP contribution in [0.1, 0.15) is 22.5 Å². The number of nitrogens with zero attached hydrogens (tertiary/aromatic N) is 2. The lowest BCUT2D eigenvalue weighted by Gasteiger charge is -2.06. The molecule has 0 aliphatic rings. The van der Waals surface area contributed by atoms with E-state index >= 15 is 0 Å². The van der Waals surface area contributed by atoms with Crippen LogP contribution in [0.5, 0.6) is 0 Å². The van der Waals surface area contributed by atoms with E-state index < -0.39 is 17.6 Å². The second-order valence-corrected chi connectivity index (χ2v) is 6.68. The summed E-state index contributed by atoms with van der Waals surface area (Å²) in [5.74, 6) is -0.320. The summed E-state index contributed by atoms with van der Waals surface area (Å²) in [6, 6.07) is 14.6. The van der Waals surface area contributed by atoms with Gasteiger partial charge in [-0.1, -0.05) is 42.5 Å². The Labute approximate surface area is 168 Å². The van der Waals surface area contributed by atoms with Crippen LogP contribution in [0.3, 0.4) is 0 Å². The van der Waals surface area contributed by atoms with Gasteiger partial charge in [0, 0.05) is 28.2 Å². The maximum atomic E-state index is 14.1. The van der Waals surface area contributed by atoms with Crippen LogP contribution in [0, 0.1) is 5.82 Å². The number of aromatic nitrogens is 3. The molecule has 152 valence electrons. The molecule has 1 N–H and O–H groups in total. The fourth-order valence-corrected chi connectivity index (χ4v) is 3.24. The highest BCUT2D eigenvalue weighted by Crippen LogP contribution is 2.28. The van der Waals surface area contributed by atoms with Crippen LogP contribution in [-0.4, -0.2) is 14.5 Å². The highest BCUT2D eigenvalue weighted by atomic mass is 19.4. The first kappa shape index (κ1) is 19.6. The zero-order valence-corrected chi connectivity index (χ0v) is 15.4. The number of benzene rings is 2. The topological polar surface area (TPSA) is 50.7 Å². The smallest absolute Gasteiger partial charge is 0.342 e. The molecule has 8 heteroatoms. The van der Waals surface area contributed by atoms with Crippen LogP contribution in [0.2, 0.25) is 0 Å². The minimum Gasteiger partial charge on any atom is -0.342 e. The normalized spacial score (nSPS) is 12.1. The number of para-hydroxylation sites is 1. The van der Waals surface area contributed by atoms with Gasteiger partial charge in [-0.2, -0.15) is 18.2 Å². The summed E-state index contributed by atoms with van der Waals surface area (Å²) in [5.41, 5.74) is -0.291. The summed E-state index contributed by atoms with van der Waals surface area (Å²) >= 11 is 0. The molecule has 0 aliphatic heterocycles. The molecular formula is C22H15F4N3O. The second kappa shape index (κ2) is 7.62. The van der Waals surface area contributed by atoms with Crippen molar-refractivity contribution in [3.05, 3.63) is 99.6 Å². The lowest BCUT2D eigenvalue weighted by molar-refractivity contribution is -0.141. The van der Waals surface area contributed by atoms with Gasteiger partial charge >= 0.3 is 11.9 Å². The Morgan fingerprint density at radius 3 is 2.53 bits per heavy atom. The summed E-state index contributed by atoms with van der Waals surface area (Å²) in [5, 5.41) is 0.839. The largest absolute Gasteiger partial charge is 0.431 e. The third-order valence-electron chi connectivity index (χ3n) is 4.62. The van der Waals surface area contributed by atoms with Crippen LogP contribution in [0.4, 0.5) is 17.6 Å². The third kappa shape index (κ3) is 4.03. The fraction of sp³-hybridized carbons (Fsp3) is 0.0909. The number of nitrogens with one attached hydrogen (secondary N) is 1. The SMILES string of the molecule is O=c1nc(C=Cc2cn(Cc3ccccc3F)c3ccccc23)cc(C(F)(F)F)[nH]1. The number of alkyl halides is 3. The van der Waals surface area contributed by atoms with Crippen LogP contribution in [0.15, 0.2) is 65.6 Å². The summed E-state index contributed by atoms with van der Waals surface area (Å²) < 4.78 is 54.6. The Morgan fingerprint density at radius 2 is 1.77 bits per heavy atom. The molecule has 0 fully saturated rings. The van der Waals surface area contributed by atoms with E-state index in [0.29, 0.717) is 17.7 Å². The molecule has 2 heterocycles. The van der Waals surface area contributed by atoms with Crippen LogP contribution in [-0.2, 0) is 12.7 Å². The van der Waals surface area contributed by atoms with E-state index in [1.54, 1.807) is 35.5 Å². The second-order valence-electron chi connectivity index (χ2n) is 6.68. The minimum absolute atomic E-state index is 0.114. The van der Waals surface area contributed by atoms with E-state index in [2.05, 4.69) is 4.98 Å². The van der Waals surface area contributed by atoms with Gasteiger partial charge in [0.15, 0.2) is 0 Å². The fourth-order valence-electron chi connectivity index (χ4n) is 3.24. The molecule has 0 saturated heterocycles. The maximum Gasteiger partial charge on any atom is 0.431 e. The summed E-state index contributed by atoms with van der Waals surface area (Å²) in [7, 11) is 0. The highest BCUT2D eigenvalue weighted by Gasteiger charge is 2.32. The molecule has 0 radical (unpaired) electrons. The Morgan fingerprint density at radius 1 is 1.03 bits per heavy atom. The van der Waals surface area contributed by atoms with Gasteiger partial charge in [0.25, 0.3) is 0 Å². The van der Waals surface area contributed by atoms with Crippen molar-refractivity contribution in [3.63, 3.8) is 0 Å².